The van der Waals surface area contributed by atoms with E-state index in [4.69, 9.17) is 0 Å². The molecule has 2 N–H and O–H groups in total. The van der Waals surface area contributed by atoms with Crippen LogP contribution in [0.5, 0.6) is 0 Å². The SMILES string of the molecule is O=C(NS(=O)(=O)Cc1ccc(F)c(F)c1)C1CNC1. The number of rotatable bonds is 4. The second kappa shape index (κ2) is 5.22. The van der Waals surface area contributed by atoms with Crippen LogP contribution in [-0.2, 0) is 20.6 Å². The van der Waals surface area contributed by atoms with Gasteiger partial charge in [-0.05, 0) is 17.7 Å². The van der Waals surface area contributed by atoms with Crippen LogP contribution in [0.3, 0.4) is 0 Å². The summed E-state index contributed by atoms with van der Waals surface area (Å²) >= 11 is 0. The van der Waals surface area contributed by atoms with E-state index in [-0.39, 0.29) is 11.5 Å². The van der Waals surface area contributed by atoms with Crippen LogP contribution in [0.2, 0.25) is 0 Å². The van der Waals surface area contributed by atoms with Crippen LogP contribution in [0.15, 0.2) is 18.2 Å². The predicted octanol–water partition coefficient (Wildman–Crippen LogP) is 0.130. The van der Waals surface area contributed by atoms with Gasteiger partial charge in [0.25, 0.3) is 0 Å². The van der Waals surface area contributed by atoms with Crippen LogP contribution >= 0.6 is 0 Å². The van der Waals surface area contributed by atoms with E-state index in [0.717, 1.165) is 18.2 Å². The summed E-state index contributed by atoms with van der Waals surface area (Å²) in [6, 6.07) is 2.80. The molecule has 19 heavy (non-hydrogen) atoms. The van der Waals surface area contributed by atoms with Gasteiger partial charge in [-0.15, -0.1) is 0 Å². The lowest BCUT2D eigenvalue weighted by Gasteiger charge is -2.25. The summed E-state index contributed by atoms with van der Waals surface area (Å²) in [5, 5.41) is 2.84. The molecule has 5 nitrogen and oxygen atoms in total. The first-order valence-corrected chi connectivity index (χ1v) is 7.21. The molecule has 1 aliphatic heterocycles. The average molecular weight is 290 g/mol. The fourth-order valence-electron chi connectivity index (χ4n) is 1.60. The molecule has 1 aromatic carbocycles. The number of amides is 1. The lowest BCUT2D eigenvalue weighted by Crippen LogP contribution is -2.52. The molecule has 0 spiro atoms. The molecule has 0 unspecified atom stereocenters. The monoisotopic (exact) mass is 290 g/mol. The quantitative estimate of drug-likeness (QED) is 0.826. The standard InChI is InChI=1S/C11H12F2N2O3S/c12-9-2-1-7(3-10(9)13)6-19(17,18)15-11(16)8-4-14-5-8/h1-3,8,14H,4-6H2,(H,15,16). The summed E-state index contributed by atoms with van der Waals surface area (Å²) in [6.07, 6.45) is 0. The number of carbonyl (C=O) groups is 1. The Balaban J connectivity index is 2.03. The molecule has 1 aromatic rings. The summed E-state index contributed by atoms with van der Waals surface area (Å²) < 4.78 is 50.9. The van der Waals surface area contributed by atoms with Crippen molar-refractivity contribution in [1.82, 2.24) is 10.0 Å². The van der Waals surface area contributed by atoms with E-state index < -0.39 is 33.3 Å². The number of halogens is 2. The lowest BCUT2D eigenvalue weighted by atomic mass is 10.0. The summed E-state index contributed by atoms with van der Waals surface area (Å²) in [7, 11) is -3.90. The van der Waals surface area contributed by atoms with Crippen molar-refractivity contribution in [2.75, 3.05) is 13.1 Å². The Morgan fingerprint density at radius 3 is 2.53 bits per heavy atom. The third-order valence-corrected chi connectivity index (χ3v) is 3.97. The van der Waals surface area contributed by atoms with Crippen molar-refractivity contribution in [2.45, 2.75) is 5.75 Å². The van der Waals surface area contributed by atoms with Gasteiger partial charge in [-0.25, -0.2) is 17.2 Å². The number of hydrogen-bond acceptors (Lipinski definition) is 4. The minimum Gasteiger partial charge on any atom is -0.315 e. The third kappa shape index (κ3) is 3.48. The predicted molar refractivity (Wildman–Crippen MR) is 63.5 cm³/mol. The minimum absolute atomic E-state index is 0.0749. The van der Waals surface area contributed by atoms with Crippen molar-refractivity contribution in [3.63, 3.8) is 0 Å². The zero-order chi connectivity index (χ0) is 14.0. The molecule has 0 atom stereocenters. The molecule has 0 saturated carbocycles. The van der Waals surface area contributed by atoms with Gasteiger partial charge in [-0.1, -0.05) is 6.07 Å². The van der Waals surface area contributed by atoms with E-state index in [1.54, 1.807) is 0 Å². The first-order valence-electron chi connectivity index (χ1n) is 5.56. The number of benzene rings is 1. The molecule has 1 fully saturated rings. The minimum atomic E-state index is -3.90. The smallest absolute Gasteiger partial charge is 0.239 e. The van der Waals surface area contributed by atoms with E-state index in [2.05, 4.69) is 5.32 Å². The van der Waals surface area contributed by atoms with Gasteiger partial charge in [0.2, 0.25) is 15.9 Å². The second-order valence-electron chi connectivity index (χ2n) is 4.33. The van der Waals surface area contributed by atoms with Crippen molar-refractivity contribution >= 4 is 15.9 Å². The van der Waals surface area contributed by atoms with Gasteiger partial charge >= 0.3 is 0 Å². The average Bonchev–Trinajstić information content (AvgIpc) is 2.19. The van der Waals surface area contributed by atoms with E-state index >= 15 is 0 Å². The zero-order valence-electron chi connectivity index (χ0n) is 9.82. The van der Waals surface area contributed by atoms with Crippen LogP contribution in [0.1, 0.15) is 5.56 Å². The van der Waals surface area contributed by atoms with Gasteiger partial charge in [0.1, 0.15) is 0 Å². The fraction of sp³-hybridized carbons (Fsp3) is 0.364. The normalized spacial score (nSPS) is 15.9. The molecular formula is C11H12F2N2O3S. The highest BCUT2D eigenvalue weighted by Gasteiger charge is 2.28. The highest BCUT2D eigenvalue weighted by Crippen LogP contribution is 2.12. The topological polar surface area (TPSA) is 75.3 Å². The number of hydrogen-bond donors (Lipinski definition) is 2. The van der Waals surface area contributed by atoms with Gasteiger partial charge in [-0.2, -0.15) is 0 Å². The van der Waals surface area contributed by atoms with E-state index in [9.17, 15) is 22.0 Å². The molecule has 0 radical (unpaired) electrons. The summed E-state index contributed by atoms with van der Waals surface area (Å²) in [5.74, 6) is -3.69. The van der Waals surface area contributed by atoms with Crippen LogP contribution < -0.4 is 10.0 Å². The van der Waals surface area contributed by atoms with Crippen LogP contribution in [0.25, 0.3) is 0 Å². The van der Waals surface area contributed by atoms with Crippen LogP contribution in [0, 0.1) is 17.6 Å². The van der Waals surface area contributed by atoms with Gasteiger partial charge in [0.05, 0.1) is 11.7 Å². The van der Waals surface area contributed by atoms with Crippen molar-refractivity contribution < 1.29 is 22.0 Å². The Kier molecular flexibility index (Phi) is 3.81. The molecule has 104 valence electrons. The number of carbonyl (C=O) groups excluding carboxylic acids is 1. The molecule has 1 saturated heterocycles. The highest BCUT2D eigenvalue weighted by molar-refractivity contribution is 7.89. The number of sulfonamides is 1. The second-order valence-corrected chi connectivity index (χ2v) is 6.05. The molecule has 0 bridgehead atoms. The lowest BCUT2D eigenvalue weighted by molar-refractivity contribution is -0.124. The molecule has 1 amide bonds. The highest BCUT2D eigenvalue weighted by atomic mass is 32.2. The fourth-order valence-corrected chi connectivity index (χ4v) is 2.76. The molecule has 2 rings (SSSR count). The molecule has 0 aromatic heterocycles. The molecule has 1 aliphatic rings. The maximum Gasteiger partial charge on any atom is 0.239 e. The third-order valence-electron chi connectivity index (χ3n) is 2.75. The van der Waals surface area contributed by atoms with E-state index in [1.807, 2.05) is 4.72 Å². The molecule has 0 aliphatic carbocycles. The first-order chi connectivity index (χ1) is 8.87. The van der Waals surface area contributed by atoms with Crippen molar-refractivity contribution in [2.24, 2.45) is 5.92 Å². The summed E-state index contributed by atoms with van der Waals surface area (Å²) in [6.45, 7) is 0.874. The zero-order valence-corrected chi connectivity index (χ0v) is 10.6. The van der Waals surface area contributed by atoms with Crippen LogP contribution in [-0.4, -0.2) is 27.4 Å². The number of nitrogens with one attached hydrogen (secondary N) is 2. The van der Waals surface area contributed by atoms with Gasteiger partial charge in [0, 0.05) is 13.1 Å². The Labute approximate surface area is 109 Å². The summed E-state index contributed by atoms with van der Waals surface area (Å²) in [4.78, 5) is 11.5. The van der Waals surface area contributed by atoms with Gasteiger partial charge in [0.15, 0.2) is 11.6 Å². The van der Waals surface area contributed by atoms with Crippen LogP contribution in [0.4, 0.5) is 8.78 Å². The van der Waals surface area contributed by atoms with Crippen molar-refractivity contribution in [3.8, 4) is 0 Å². The summed E-state index contributed by atoms with van der Waals surface area (Å²) in [5.41, 5.74) is 0.0749. The maximum absolute atomic E-state index is 12.9. The van der Waals surface area contributed by atoms with E-state index in [1.165, 1.54) is 0 Å². The largest absolute Gasteiger partial charge is 0.315 e. The molecular weight excluding hydrogens is 278 g/mol. The Hall–Kier alpha value is -1.54. The van der Waals surface area contributed by atoms with Crippen molar-refractivity contribution in [1.29, 1.82) is 0 Å². The Morgan fingerprint density at radius 2 is 2.00 bits per heavy atom. The van der Waals surface area contributed by atoms with Gasteiger partial charge in [-0.3, -0.25) is 9.52 Å². The Bertz CT molecular complexity index is 600. The van der Waals surface area contributed by atoms with E-state index in [0.29, 0.717) is 13.1 Å². The molecule has 1 heterocycles. The van der Waals surface area contributed by atoms with Crippen molar-refractivity contribution in [3.05, 3.63) is 35.4 Å². The van der Waals surface area contributed by atoms with Gasteiger partial charge < -0.3 is 5.32 Å². The first kappa shape index (κ1) is 13.9. The maximum atomic E-state index is 12.9. The Morgan fingerprint density at radius 1 is 1.32 bits per heavy atom. The molecule has 8 heteroatoms.